The van der Waals surface area contributed by atoms with E-state index in [0.717, 1.165) is 5.56 Å². The first kappa shape index (κ1) is 15.5. The van der Waals surface area contributed by atoms with Crippen LogP contribution in [-0.2, 0) is 0 Å². The van der Waals surface area contributed by atoms with Crippen LogP contribution in [0.3, 0.4) is 0 Å². The molecule has 1 heterocycles. The Morgan fingerprint density at radius 3 is 2.64 bits per heavy atom. The van der Waals surface area contributed by atoms with Gasteiger partial charge >= 0.3 is 6.03 Å². The average Bonchev–Trinajstić information content (AvgIpc) is 2.94. The summed E-state index contributed by atoms with van der Waals surface area (Å²) < 4.78 is 5.33. The molecule has 1 atom stereocenters. The second-order valence-corrected chi connectivity index (χ2v) is 4.77. The van der Waals surface area contributed by atoms with Gasteiger partial charge in [-0.25, -0.2) is 4.79 Å². The predicted octanol–water partition coefficient (Wildman–Crippen LogP) is 2.86. The zero-order chi connectivity index (χ0) is 15.9. The molecule has 0 unspecified atom stereocenters. The summed E-state index contributed by atoms with van der Waals surface area (Å²) in [5, 5.41) is 21.8. The first-order valence-electron chi connectivity index (χ1n) is 6.97. The fraction of sp³-hybridized carbons (Fsp3) is 0.333. The van der Waals surface area contributed by atoms with Crippen LogP contribution in [-0.4, -0.2) is 22.3 Å². The van der Waals surface area contributed by atoms with E-state index in [1.165, 1.54) is 0 Å². The highest BCUT2D eigenvalue weighted by Gasteiger charge is 2.10. The number of rotatable bonds is 5. The van der Waals surface area contributed by atoms with Crippen molar-refractivity contribution in [3.8, 4) is 17.5 Å². The van der Waals surface area contributed by atoms with Crippen LogP contribution in [0.5, 0.6) is 0 Å². The first-order chi connectivity index (χ1) is 10.6. The summed E-state index contributed by atoms with van der Waals surface area (Å²) in [5.74, 6) is 0.938. The van der Waals surface area contributed by atoms with Crippen LogP contribution in [0.2, 0.25) is 0 Å². The van der Waals surface area contributed by atoms with Gasteiger partial charge in [0.05, 0.1) is 12.5 Å². The fourth-order valence-electron chi connectivity index (χ4n) is 1.87. The topological polar surface area (TPSA) is 104 Å². The number of hydrogen-bond donors (Lipinski definition) is 2. The molecule has 1 aromatic carbocycles. The number of carbonyl (C=O) groups is 1. The Morgan fingerprint density at radius 1 is 1.36 bits per heavy atom. The minimum absolute atomic E-state index is 0.148. The molecule has 2 N–H and O–H groups in total. The number of carbonyl (C=O) groups excluding carboxylic acids is 1. The molecule has 7 heteroatoms. The normalized spacial score (nSPS) is 11.5. The van der Waals surface area contributed by atoms with Crippen LogP contribution in [0, 0.1) is 18.3 Å². The second-order valence-electron chi connectivity index (χ2n) is 4.77. The van der Waals surface area contributed by atoms with Crippen molar-refractivity contribution in [3.05, 3.63) is 30.2 Å². The second kappa shape index (κ2) is 7.22. The molecule has 2 amide bonds. The highest BCUT2D eigenvalue weighted by molar-refractivity contribution is 5.89. The molecular formula is C15H17N5O2. The van der Waals surface area contributed by atoms with Crippen molar-refractivity contribution in [3.63, 3.8) is 0 Å². The van der Waals surface area contributed by atoms with Crippen molar-refractivity contribution in [2.24, 2.45) is 0 Å². The van der Waals surface area contributed by atoms with Gasteiger partial charge in [-0.15, -0.1) is 10.2 Å². The number of aromatic nitrogens is 2. The molecular weight excluding hydrogens is 282 g/mol. The predicted molar refractivity (Wildman–Crippen MR) is 80.9 cm³/mol. The van der Waals surface area contributed by atoms with E-state index in [0.29, 0.717) is 30.3 Å². The van der Waals surface area contributed by atoms with Crippen molar-refractivity contribution in [1.82, 2.24) is 15.5 Å². The van der Waals surface area contributed by atoms with Gasteiger partial charge in [-0.3, -0.25) is 0 Å². The molecule has 0 spiro atoms. The van der Waals surface area contributed by atoms with Gasteiger partial charge in [-0.2, -0.15) is 5.26 Å². The summed E-state index contributed by atoms with van der Waals surface area (Å²) in [4.78, 5) is 11.8. The largest absolute Gasteiger partial charge is 0.421 e. The maximum atomic E-state index is 11.8. The molecule has 0 radical (unpaired) electrons. The summed E-state index contributed by atoms with van der Waals surface area (Å²) in [6.07, 6.45) is 0.996. The standard InChI is InChI=1S/C15H17N5O2/c1-3-12(8-9-16)17-15(21)18-13-6-4-11(5-7-13)14-20-19-10(2)22-14/h4-7,12H,3,8H2,1-2H3,(H2,17,18,21)/t12-/m1/s1. The average molecular weight is 299 g/mol. The number of nitrogens with one attached hydrogen (secondary N) is 2. The molecule has 0 aliphatic rings. The third-order valence-corrected chi connectivity index (χ3v) is 3.08. The lowest BCUT2D eigenvalue weighted by Gasteiger charge is -2.14. The van der Waals surface area contributed by atoms with E-state index in [-0.39, 0.29) is 12.1 Å². The number of amides is 2. The SMILES string of the molecule is CC[C@H](CC#N)NC(=O)Nc1ccc(-c2nnc(C)o2)cc1. The van der Waals surface area contributed by atoms with Crippen LogP contribution >= 0.6 is 0 Å². The van der Waals surface area contributed by atoms with E-state index >= 15 is 0 Å². The van der Waals surface area contributed by atoms with E-state index < -0.39 is 0 Å². The van der Waals surface area contributed by atoms with E-state index in [2.05, 4.69) is 20.8 Å². The Hall–Kier alpha value is -2.88. The highest BCUT2D eigenvalue weighted by atomic mass is 16.4. The smallest absolute Gasteiger partial charge is 0.319 e. The lowest BCUT2D eigenvalue weighted by atomic mass is 10.2. The molecule has 2 aromatic rings. The molecule has 114 valence electrons. The summed E-state index contributed by atoms with van der Waals surface area (Å²) >= 11 is 0. The third-order valence-electron chi connectivity index (χ3n) is 3.08. The van der Waals surface area contributed by atoms with Crippen molar-refractivity contribution < 1.29 is 9.21 Å². The molecule has 0 saturated carbocycles. The van der Waals surface area contributed by atoms with Gasteiger partial charge < -0.3 is 15.1 Å². The van der Waals surface area contributed by atoms with Crippen molar-refractivity contribution in [1.29, 1.82) is 5.26 Å². The Kier molecular flexibility index (Phi) is 5.09. The number of urea groups is 1. The van der Waals surface area contributed by atoms with Crippen LogP contribution in [0.15, 0.2) is 28.7 Å². The van der Waals surface area contributed by atoms with Gasteiger partial charge in [-0.05, 0) is 30.7 Å². The Morgan fingerprint density at radius 2 is 2.09 bits per heavy atom. The molecule has 0 bridgehead atoms. The van der Waals surface area contributed by atoms with E-state index in [4.69, 9.17) is 9.68 Å². The molecule has 7 nitrogen and oxygen atoms in total. The lowest BCUT2D eigenvalue weighted by molar-refractivity contribution is 0.248. The van der Waals surface area contributed by atoms with E-state index in [1.54, 1.807) is 31.2 Å². The quantitative estimate of drug-likeness (QED) is 0.883. The van der Waals surface area contributed by atoms with Crippen LogP contribution in [0.4, 0.5) is 10.5 Å². The summed E-state index contributed by atoms with van der Waals surface area (Å²) in [7, 11) is 0. The fourth-order valence-corrected chi connectivity index (χ4v) is 1.87. The van der Waals surface area contributed by atoms with Crippen LogP contribution in [0.25, 0.3) is 11.5 Å². The van der Waals surface area contributed by atoms with Crippen molar-refractivity contribution >= 4 is 11.7 Å². The number of benzene rings is 1. The molecule has 22 heavy (non-hydrogen) atoms. The van der Waals surface area contributed by atoms with Gasteiger partial charge in [-0.1, -0.05) is 6.92 Å². The number of aryl methyl sites for hydroxylation is 1. The first-order valence-corrected chi connectivity index (χ1v) is 6.97. The Labute approximate surface area is 128 Å². The van der Waals surface area contributed by atoms with Gasteiger partial charge in [0.15, 0.2) is 0 Å². The highest BCUT2D eigenvalue weighted by Crippen LogP contribution is 2.19. The summed E-state index contributed by atoms with van der Waals surface area (Å²) in [6, 6.07) is 8.65. The monoisotopic (exact) mass is 299 g/mol. The Bertz CT molecular complexity index is 672. The van der Waals surface area contributed by atoms with E-state index in [1.807, 2.05) is 13.0 Å². The van der Waals surface area contributed by atoms with Gasteiger partial charge in [0.1, 0.15) is 0 Å². The molecule has 0 aliphatic carbocycles. The van der Waals surface area contributed by atoms with Gasteiger partial charge in [0.2, 0.25) is 11.8 Å². The summed E-state index contributed by atoms with van der Waals surface area (Å²) in [5.41, 5.74) is 1.42. The summed E-state index contributed by atoms with van der Waals surface area (Å²) in [6.45, 7) is 3.64. The van der Waals surface area contributed by atoms with E-state index in [9.17, 15) is 4.79 Å². The Balaban J connectivity index is 1.96. The van der Waals surface area contributed by atoms with Crippen LogP contribution < -0.4 is 10.6 Å². The van der Waals surface area contributed by atoms with Crippen molar-refractivity contribution in [2.75, 3.05) is 5.32 Å². The molecule has 0 aliphatic heterocycles. The minimum atomic E-state index is -0.330. The minimum Gasteiger partial charge on any atom is -0.421 e. The maximum absolute atomic E-state index is 11.8. The molecule has 1 aromatic heterocycles. The number of hydrogen-bond acceptors (Lipinski definition) is 5. The molecule has 2 rings (SSSR count). The van der Waals surface area contributed by atoms with Gasteiger partial charge in [0.25, 0.3) is 0 Å². The molecule has 0 saturated heterocycles. The number of anilines is 1. The number of nitriles is 1. The lowest BCUT2D eigenvalue weighted by Crippen LogP contribution is -2.37. The maximum Gasteiger partial charge on any atom is 0.319 e. The third kappa shape index (κ3) is 4.06. The van der Waals surface area contributed by atoms with Crippen molar-refractivity contribution in [2.45, 2.75) is 32.7 Å². The van der Waals surface area contributed by atoms with Gasteiger partial charge in [0, 0.05) is 24.2 Å². The molecule has 0 fully saturated rings. The zero-order valence-corrected chi connectivity index (χ0v) is 12.5. The zero-order valence-electron chi connectivity index (χ0n) is 12.5. The van der Waals surface area contributed by atoms with Crippen LogP contribution in [0.1, 0.15) is 25.7 Å². The number of nitrogens with zero attached hydrogens (tertiary/aromatic N) is 3.